The van der Waals surface area contributed by atoms with Crippen molar-refractivity contribution < 1.29 is 9.90 Å². The summed E-state index contributed by atoms with van der Waals surface area (Å²) < 4.78 is 0. The third-order valence-electron chi connectivity index (χ3n) is 3.49. The Hall–Kier alpha value is -1.85. The molecule has 0 aliphatic heterocycles. The summed E-state index contributed by atoms with van der Waals surface area (Å²) in [5.41, 5.74) is 1.97. The molecule has 4 nitrogen and oxygen atoms in total. The van der Waals surface area contributed by atoms with Gasteiger partial charge in [0.15, 0.2) is 0 Å². The van der Waals surface area contributed by atoms with Crippen LogP contribution < -0.4 is 5.32 Å². The average Bonchev–Trinajstić information content (AvgIpc) is 2.90. The van der Waals surface area contributed by atoms with E-state index in [1.807, 2.05) is 57.2 Å². The van der Waals surface area contributed by atoms with Crippen molar-refractivity contribution in [3.05, 3.63) is 52.4 Å². The number of anilines is 1. The van der Waals surface area contributed by atoms with Crippen molar-refractivity contribution in [1.29, 1.82) is 0 Å². The van der Waals surface area contributed by atoms with Crippen LogP contribution in [0.5, 0.6) is 0 Å². The van der Waals surface area contributed by atoms with E-state index in [0.717, 1.165) is 21.0 Å². The molecule has 1 heterocycles. The van der Waals surface area contributed by atoms with Crippen molar-refractivity contribution in [3.63, 3.8) is 0 Å². The van der Waals surface area contributed by atoms with Crippen LogP contribution in [0, 0.1) is 13.8 Å². The highest BCUT2D eigenvalue weighted by Crippen LogP contribution is 2.21. The van der Waals surface area contributed by atoms with Gasteiger partial charge in [0, 0.05) is 11.4 Å². The maximum atomic E-state index is 12.3. The number of aryl methyl sites for hydroxylation is 2. The fourth-order valence-electron chi connectivity index (χ4n) is 2.14. The van der Waals surface area contributed by atoms with E-state index in [0.29, 0.717) is 6.54 Å². The summed E-state index contributed by atoms with van der Waals surface area (Å²) in [6.07, 6.45) is -0.684. The second kappa shape index (κ2) is 7.42. The van der Waals surface area contributed by atoms with Crippen molar-refractivity contribution in [2.24, 2.45) is 0 Å². The van der Waals surface area contributed by atoms with E-state index in [1.165, 1.54) is 11.3 Å². The van der Waals surface area contributed by atoms with Crippen molar-refractivity contribution in [1.82, 2.24) is 4.90 Å². The Kier molecular flexibility index (Phi) is 5.57. The molecule has 2 amide bonds. The fraction of sp³-hybridized carbons (Fsp3) is 0.353. The van der Waals surface area contributed by atoms with Crippen LogP contribution in [0.4, 0.5) is 9.80 Å². The Morgan fingerprint density at radius 2 is 1.91 bits per heavy atom. The number of urea groups is 1. The number of hydrogen-bond acceptors (Lipinski definition) is 3. The molecule has 0 saturated carbocycles. The summed E-state index contributed by atoms with van der Waals surface area (Å²) in [7, 11) is 0. The van der Waals surface area contributed by atoms with Crippen LogP contribution in [0.3, 0.4) is 0 Å². The third kappa shape index (κ3) is 4.32. The lowest BCUT2D eigenvalue weighted by atomic mass is 10.1. The fourth-order valence-corrected chi connectivity index (χ4v) is 2.90. The zero-order valence-electron chi connectivity index (χ0n) is 13.2. The molecule has 0 bridgehead atoms. The van der Waals surface area contributed by atoms with E-state index >= 15 is 0 Å². The lowest BCUT2D eigenvalue weighted by Crippen LogP contribution is -2.37. The van der Waals surface area contributed by atoms with Crippen LogP contribution in [0.1, 0.15) is 29.0 Å². The van der Waals surface area contributed by atoms with Crippen molar-refractivity contribution in [2.75, 3.05) is 18.4 Å². The van der Waals surface area contributed by atoms with Crippen LogP contribution in [-0.2, 0) is 0 Å². The van der Waals surface area contributed by atoms with Crippen LogP contribution in [-0.4, -0.2) is 29.1 Å². The number of likely N-dealkylation sites (N-methyl/N-ethyl adjacent to an activating group) is 1. The van der Waals surface area contributed by atoms with Gasteiger partial charge in [-0.3, -0.25) is 5.32 Å². The molecule has 1 atom stereocenters. The first-order chi connectivity index (χ1) is 10.5. The van der Waals surface area contributed by atoms with Gasteiger partial charge in [-0.05, 0) is 38.5 Å². The first kappa shape index (κ1) is 16.5. The van der Waals surface area contributed by atoms with Gasteiger partial charge < -0.3 is 10.0 Å². The first-order valence-corrected chi connectivity index (χ1v) is 8.18. The molecule has 0 fully saturated rings. The van der Waals surface area contributed by atoms with Gasteiger partial charge in [-0.25, -0.2) is 4.79 Å². The van der Waals surface area contributed by atoms with Gasteiger partial charge in [-0.1, -0.05) is 29.8 Å². The summed E-state index contributed by atoms with van der Waals surface area (Å²) in [5, 5.41) is 14.0. The number of nitrogens with zero attached hydrogens (tertiary/aromatic N) is 1. The zero-order chi connectivity index (χ0) is 16.1. The normalized spacial score (nSPS) is 12.0. The molecule has 118 valence electrons. The molecule has 2 N–H and O–H groups in total. The van der Waals surface area contributed by atoms with E-state index in [4.69, 9.17) is 0 Å². The van der Waals surface area contributed by atoms with E-state index in [-0.39, 0.29) is 12.6 Å². The molecule has 1 unspecified atom stereocenters. The number of amides is 2. The molecule has 2 rings (SSSR count). The van der Waals surface area contributed by atoms with Crippen LogP contribution in [0.25, 0.3) is 0 Å². The summed E-state index contributed by atoms with van der Waals surface area (Å²) in [4.78, 5) is 15.0. The van der Waals surface area contributed by atoms with Crippen molar-refractivity contribution in [2.45, 2.75) is 26.9 Å². The molecule has 1 aromatic heterocycles. The SMILES string of the molecule is CCN(CC(O)c1ccc(C)cc1)C(=O)Nc1ccc(C)s1. The molecule has 5 heteroatoms. The molecular weight excluding hydrogens is 296 g/mol. The number of nitrogens with one attached hydrogen (secondary N) is 1. The predicted molar refractivity (Wildman–Crippen MR) is 91.5 cm³/mol. The monoisotopic (exact) mass is 318 g/mol. The lowest BCUT2D eigenvalue weighted by molar-refractivity contribution is 0.128. The molecule has 2 aromatic rings. The molecule has 0 saturated heterocycles. The largest absolute Gasteiger partial charge is 0.387 e. The van der Waals surface area contributed by atoms with Crippen LogP contribution >= 0.6 is 11.3 Å². The van der Waals surface area contributed by atoms with Gasteiger partial charge in [-0.15, -0.1) is 11.3 Å². The molecule has 0 radical (unpaired) electrons. The maximum absolute atomic E-state index is 12.3. The molecular formula is C17H22N2O2S. The quantitative estimate of drug-likeness (QED) is 0.877. The van der Waals surface area contributed by atoms with Gasteiger partial charge >= 0.3 is 6.03 Å². The number of carbonyl (C=O) groups excluding carboxylic acids is 1. The number of carbonyl (C=O) groups is 1. The number of aliphatic hydroxyl groups is 1. The minimum atomic E-state index is -0.684. The minimum absolute atomic E-state index is 0.185. The van der Waals surface area contributed by atoms with E-state index in [1.54, 1.807) is 4.90 Å². The van der Waals surface area contributed by atoms with Crippen LogP contribution in [0.15, 0.2) is 36.4 Å². The van der Waals surface area contributed by atoms with Crippen LogP contribution in [0.2, 0.25) is 0 Å². The molecule has 0 aliphatic carbocycles. The van der Waals surface area contributed by atoms with Gasteiger partial charge in [0.05, 0.1) is 17.6 Å². The lowest BCUT2D eigenvalue weighted by Gasteiger charge is -2.24. The number of rotatable bonds is 5. The maximum Gasteiger partial charge on any atom is 0.322 e. The Morgan fingerprint density at radius 3 is 2.45 bits per heavy atom. The Bertz CT molecular complexity index is 622. The smallest absolute Gasteiger partial charge is 0.322 e. The third-order valence-corrected chi connectivity index (χ3v) is 4.41. The van der Waals surface area contributed by atoms with Crippen molar-refractivity contribution >= 4 is 22.4 Å². The second-order valence-electron chi connectivity index (χ2n) is 5.31. The molecule has 0 spiro atoms. The minimum Gasteiger partial charge on any atom is -0.387 e. The van der Waals surface area contributed by atoms with E-state index in [9.17, 15) is 9.90 Å². The Morgan fingerprint density at radius 1 is 1.23 bits per heavy atom. The molecule has 22 heavy (non-hydrogen) atoms. The predicted octanol–water partition coefficient (Wildman–Crippen LogP) is 3.95. The first-order valence-electron chi connectivity index (χ1n) is 7.36. The highest BCUT2D eigenvalue weighted by Gasteiger charge is 2.17. The topological polar surface area (TPSA) is 52.6 Å². The summed E-state index contributed by atoms with van der Waals surface area (Å²) in [6.45, 7) is 6.72. The summed E-state index contributed by atoms with van der Waals surface area (Å²) in [5.74, 6) is 0. The van der Waals surface area contributed by atoms with Gasteiger partial charge in [0.1, 0.15) is 0 Å². The van der Waals surface area contributed by atoms with E-state index < -0.39 is 6.10 Å². The number of benzene rings is 1. The number of aliphatic hydroxyl groups excluding tert-OH is 1. The Labute approximate surface area is 135 Å². The molecule has 0 aliphatic rings. The zero-order valence-corrected chi connectivity index (χ0v) is 14.0. The van der Waals surface area contributed by atoms with Crippen molar-refractivity contribution in [3.8, 4) is 0 Å². The summed E-state index contributed by atoms with van der Waals surface area (Å²) >= 11 is 1.54. The highest BCUT2D eigenvalue weighted by molar-refractivity contribution is 7.16. The number of thiophene rings is 1. The van der Waals surface area contributed by atoms with Gasteiger partial charge in [0.2, 0.25) is 0 Å². The van der Waals surface area contributed by atoms with Gasteiger partial charge in [-0.2, -0.15) is 0 Å². The highest BCUT2D eigenvalue weighted by atomic mass is 32.1. The van der Waals surface area contributed by atoms with Gasteiger partial charge in [0.25, 0.3) is 0 Å². The average molecular weight is 318 g/mol. The Balaban J connectivity index is 1.98. The standard InChI is InChI=1S/C17H22N2O2S/c1-4-19(17(21)18-16-10-7-13(3)22-16)11-15(20)14-8-5-12(2)6-9-14/h5-10,15,20H,4,11H2,1-3H3,(H,18,21). The molecule has 1 aromatic carbocycles. The summed E-state index contributed by atoms with van der Waals surface area (Å²) in [6, 6.07) is 11.4. The second-order valence-corrected chi connectivity index (χ2v) is 6.59. The van der Waals surface area contributed by atoms with E-state index in [2.05, 4.69) is 5.32 Å². The number of hydrogen-bond donors (Lipinski definition) is 2.